The number of hydrogen-bond acceptors (Lipinski definition) is 3. The van der Waals surface area contributed by atoms with E-state index in [4.69, 9.17) is 0 Å². The third-order valence-corrected chi connectivity index (χ3v) is 5.30. The third-order valence-electron chi connectivity index (χ3n) is 5.30. The molecular formula is C16H28N4. The van der Waals surface area contributed by atoms with Gasteiger partial charge in [-0.05, 0) is 46.6 Å². The molecule has 0 saturated carbocycles. The van der Waals surface area contributed by atoms with Crippen molar-refractivity contribution in [3.63, 3.8) is 0 Å². The van der Waals surface area contributed by atoms with Crippen molar-refractivity contribution in [2.24, 2.45) is 0 Å². The fourth-order valence-electron chi connectivity index (χ4n) is 3.98. The normalized spacial score (nSPS) is 32.2. The van der Waals surface area contributed by atoms with E-state index in [2.05, 4.69) is 42.4 Å². The Labute approximate surface area is 122 Å². The Kier molecular flexibility index (Phi) is 4.13. The maximum absolute atomic E-state index is 4.39. The predicted octanol–water partition coefficient (Wildman–Crippen LogP) is 2.57. The summed E-state index contributed by atoms with van der Waals surface area (Å²) in [4.78, 5) is 2.63. The van der Waals surface area contributed by atoms with Crippen LogP contribution >= 0.6 is 0 Å². The first kappa shape index (κ1) is 14.1. The molecule has 2 bridgehead atoms. The molecule has 0 radical (unpaired) electrons. The number of piperidine rings is 2. The molecule has 4 nitrogen and oxygen atoms in total. The molecule has 0 amide bonds. The second-order valence-corrected chi connectivity index (χ2v) is 6.59. The Balaban J connectivity index is 1.60. The summed E-state index contributed by atoms with van der Waals surface area (Å²) in [5.41, 5.74) is 1.32. The van der Waals surface area contributed by atoms with Crippen LogP contribution in [0.25, 0.3) is 0 Å². The van der Waals surface area contributed by atoms with E-state index in [1.807, 2.05) is 10.9 Å². The summed E-state index contributed by atoms with van der Waals surface area (Å²) in [6, 6.07) is 2.67. The van der Waals surface area contributed by atoms with E-state index in [1.54, 1.807) is 0 Å². The number of aryl methyl sites for hydroxylation is 1. The van der Waals surface area contributed by atoms with E-state index in [1.165, 1.54) is 37.7 Å². The number of hydrogen-bond donors (Lipinski definition) is 1. The number of nitrogens with zero attached hydrogens (tertiary/aromatic N) is 3. The van der Waals surface area contributed by atoms with Crippen LogP contribution in [0, 0.1) is 0 Å². The van der Waals surface area contributed by atoms with Gasteiger partial charge in [-0.1, -0.05) is 6.42 Å². The molecule has 0 aliphatic carbocycles. The van der Waals surface area contributed by atoms with Crippen LogP contribution in [-0.4, -0.2) is 39.9 Å². The average molecular weight is 276 g/mol. The Hall–Kier alpha value is -0.870. The quantitative estimate of drug-likeness (QED) is 0.917. The van der Waals surface area contributed by atoms with Crippen molar-refractivity contribution < 1.29 is 0 Å². The van der Waals surface area contributed by atoms with Gasteiger partial charge in [0.05, 0.1) is 6.20 Å². The van der Waals surface area contributed by atoms with Gasteiger partial charge >= 0.3 is 0 Å². The van der Waals surface area contributed by atoms with Gasteiger partial charge in [-0.25, -0.2) is 0 Å². The molecule has 2 saturated heterocycles. The minimum atomic E-state index is 0.407. The lowest BCUT2D eigenvalue weighted by Gasteiger charge is -2.47. The van der Waals surface area contributed by atoms with Crippen LogP contribution in [0.2, 0.25) is 0 Å². The van der Waals surface area contributed by atoms with Gasteiger partial charge in [-0.2, -0.15) is 5.10 Å². The van der Waals surface area contributed by atoms with Crippen molar-refractivity contribution in [1.29, 1.82) is 0 Å². The summed E-state index contributed by atoms with van der Waals surface area (Å²) >= 11 is 0. The van der Waals surface area contributed by atoms with Crippen LogP contribution in [0.3, 0.4) is 0 Å². The zero-order chi connectivity index (χ0) is 14.1. The molecule has 0 spiro atoms. The SMILES string of the molecule is CCn1cc(C(C)NC2CC3CCCC(C2)N3C)cn1. The van der Waals surface area contributed by atoms with Gasteiger partial charge in [-0.3, -0.25) is 4.68 Å². The van der Waals surface area contributed by atoms with Crippen LogP contribution in [0.1, 0.15) is 57.6 Å². The molecule has 4 heteroatoms. The van der Waals surface area contributed by atoms with Gasteiger partial charge in [0, 0.05) is 42.5 Å². The van der Waals surface area contributed by atoms with E-state index < -0.39 is 0 Å². The summed E-state index contributed by atoms with van der Waals surface area (Å²) in [5.74, 6) is 0. The molecule has 112 valence electrons. The first-order chi connectivity index (χ1) is 9.67. The second-order valence-electron chi connectivity index (χ2n) is 6.59. The maximum atomic E-state index is 4.39. The zero-order valence-electron chi connectivity index (χ0n) is 13.0. The number of aromatic nitrogens is 2. The van der Waals surface area contributed by atoms with Crippen molar-refractivity contribution in [1.82, 2.24) is 20.0 Å². The van der Waals surface area contributed by atoms with Crippen LogP contribution in [-0.2, 0) is 6.54 Å². The summed E-state index contributed by atoms with van der Waals surface area (Å²) in [6.45, 7) is 5.35. The Morgan fingerprint density at radius 1 is 1.35 bits per heavy atom. The van der Waals surface area contributed by atoms with E-state index >= 15 is 0 Å². The molecule has 3 rings (SSSR count). The molecule has 3 atom stereocenters. The van der Waals surface area contributed by atoms with Crippen LogP contribution < -0.4 is 5.32 Å². The fourth-order valence-corrected chi connectivity index (χ4v) is 3.98. The van der Waals surface area contributed by atoms with Crippen molar-refractivity contribution in [2.45, 2.75) is 76.7 Å². The third kappa shape index (κ3) is 2.77. The molecule has 0 aromatic carbocycles. The number of fused-ring (bicyclic) bond motifs is 2. The number of rotatable bonds is 4. The van der Waals surface area contributed by atoms with Gasteiger partial charge in [0.2, 0.25) is 0 Å². The zero-order valence-corrected chi connectivity index (χ0v) is 13.0. The van der Waals surface area contributed by atoms with Gasteiger partial charge in [0.15, 0.2) is 0 Å². The van der Waals surface area contributed by atoms with Crippen LogP contribution in [0.5, 0.6) is 0 Å². The first-order valence-corrected chi connectivity index (χ1v) is 8.17. The van der Waals surface area contributed by atoms with Crippen molar-refractivity contribution in [2.75, 3.05) is 7.05 Å². The molecule has 1 aromatic rings. The smallest absolute Gasteiger partial charge is 0.0537 e. The van der Waals surface area contributed by atoms with E-state index in [0.717, 1.165) is 18.6 Å². The van der Waals surface area contributed by atoms with Gasteiger partial charge in [0.1, 0.15) is 0 Å². The summed E-state index contributed by atoms with van der Waals surface area (Å²) < 4.78 is 2.01. The van der Waals surface area contributed by atoms with Crippen LogP contribution in [0.15, 0.2) is 12.4 Å². The van der Waals surface area contributed by atoms with Crippen molar-refractivity contribution in [3.05, 3.63) is 18.0 Å². The van der Waals surface area contributed by atoms with Crippen LogP contribution in [0.4, 0.5) is 0 Å². The highest BCUT2D eigenvalue weighted by molar-refractivity contribution is 5.10. The molecule has 2 aliphatic heterocycles. The van der Waals surface area contributed by atoms with Crippen molar-refractivity contribution in [3.8, 4) is 0 Å². The van der Waals surface area contributed by atoms with Gasteiger partial charge in [0.25, 0.3) is 0 Å². The lowest BCUT2D eigenvalue weighted by atomic mass is 9.82. The lowest BCUT2D eigenvalue weighted by molar-refractivity contribution is 0.0463. The van der Waals surface area contributed by atoms with Gasteiger partial charge < -0.3 is 10.2 Å². The highest BCUT2D eigenvalue weighted by Gasteiger charge is 2.36. The van der Waals surface area contributed by atoms with E-state index in [-0.39, 0.29) is 0 Å². The second kappa shape index (κ2) is 5.86. The first-order valence-electron chi connectivity index (χ1n) is 8.17. The maximum Gasteiger partial charge on any atom is 0.0537 e. The average Bonchev–Trinajstić information content (AvgIpc) is 2.89. The highest BCUT2D eigenvalue weighted by atomic mass is 15.3. The fraction of sp³-hybridized carbons (Fsp3) is 0.812. The molecule has 2 fully saturated rings. The summed E-state index contributed by atoms with van der Waals surface area (Å²) in [6.07, 6.45) is 11.0. The largest absolute Gasteiger partial charge is 0.307 e. The monoisotopic (exact) mass is 276 g/mol. The molecule has 2 aliphatic rings. The minimum absolute atomic E-state index is 0.407. The van der Waals surface area contributed by atoms with E-state index in [9.17, 15) is 0 Å². The highest BCUT2D eigenvalue weighted by Crippen LogP contribution is 2.33. The molecule has 3 unspecified atom stereocenters. The van der Waals surface area contributed by atoms with E-state index in [0.29, 0.717) is 12.1 Å². The minimum Gasteiger partial charge on any atom is -0.307 e. The van der Waals surface area contributed by atoms with Gasteiger partial charge in [-0.15, -0.1) is 0 Å². The molecule has 3 heterocycles. The molecule has 1 aromatic heterocycles. The van der Waals surface area contributed by atoms with Crippen molar-refractivity contribution >= 4 is 0 Å². The predicted molar refractivity (Wildman–Crippen MR) is 81.7 cm³/mol. The molecule has 20 heavy (non-hydrogen) atoms. The Morgan fingerprint density at radius 2 is 2.05 bits per heavy atom. The lowest BCUT2D eigenvalue weighted by Crippen LogP contribution is -2.54. The topological polar surface area (TPSA) is 33.1 Å². The number of nitrogens with one attached hydrogen (secondary N) is 1. The Morgan fingerprint density at radius 3 is 2.65 bits per heavy atom. The standard InChI is InChI=1S/C16H28N4/c1-4-20-11-13(10-17-20)12(2)18-14-8-15-6-5-7-16(9-14)19(15)3/h10-12,14-16,18H,4-9H2,1-3H3. The molecule has 1 N–H and O–H groups in total. The molecular weight excluding hydrogens is 248 g/mol. The summed E-state index contributed by atoms with van der Waals surface area (Å²) in [7, 11) is 2.32. The Bertz CT molecular complexity index is 427. The summed E-state index contributed by atoms with van der Waals surface area (Å²) in [5, 5.41) is 8.23.